The SMILES string of the molecule is CCC(C)Cn1c(-c2nc3cc(C(=O)N4CCCC(N)C4)cc(OC)c3n2C)cc2cccnc21. The van der Waals surface area contributed by atoms with E-state index in [2.05, 4.69) is 40.1 Å². The van der Waals surface area contributed by atoms with Crippen molar-refractivity contribution in [2.45, 2.75) is 45.7 Å². The molecule has 35 heavy (non-hydrogen) atoms. The number of imidazole rings is 1. The number of methoxy groups -OCH3 is 1. The lowest BCUT2D eigenvalue weighted by Gasteiger charge is -2.30. The molecule has 2 atom stereocenters. The second-order valence-electron chi connectivity index (χ2n) is 9.76. The van der Waals surface area contributed by atoms with Crippen LogP contribution in [0, 0.1) is 5.92 Å². The lowest BCUT2D eigenvalue weighted by atomic mass is 10.0. The summed E-state index contributed by atoms with van der Waals surface area (Å²) in [4.78, 5) is 24.8. The maximum absolute atomic E-state index is 13.3. The van der Waals surface area contributed by atoms with Crippen molar-refractivity contribution in [3.05, 3.63) is 42.1 Å². The minimum atomic E-state index is -0.0253. The summed E-state index contributed by atoms with van der Waals surface area (Å²) < 4.78 is 10.1. The van der Waals surface area contributed by atoms with E-state index < -0.39 is 0 Å². The average molecular weight is 475 g/mol. The van der Waals surface area contributed by atoms with E-state index in [1.165, 1.54) is 0 Å². The van der Waals surface area contributed by atoms with Crippen molar-refractivity contribution in [3.63, 3.8) is 0 Å². The number of amides is 1. The first kappa shape index (κ1) is 23.4. The first-order valence-corrected chi connectivity index (χ1v) is 12.4. The zero-order chi connectivity index (χ0) is 24.7. The summed E-state index contributed by atoms with van der Waals surface area (Å²) in [6.07, 6.45) is 4.79. The number of nitrogens with zero attached hydrogens (tertiary/aromatic N) is 5. The molecule has 8 nitrogen and oxygen atoms in total. The molecule has 1 aliphatic heterocycles. The number of carbonyl (C=O) groups is 1. The zero-order valence-corrected chi connectivity index (χ0v) is 21.0. The number of carbonyl (C=O) groups excluding carboxylic acids is 1. The van der Waals surface area contributed by atoms with Crippen LogP contribution in [0.2, 0.25) is 0 Å². The molecule has 0 radical (unpaired) electrons. The van der Waals surface area contributed by atoms with Crippen LogP contribution < -0.4 is 10.5 Å². The van der Waals surface area contributed by atoms with E-state index in [1.54, 1.807) is 7.11 Å². The van der Waals surface area contributed by atoms with Crippen LogP contribution in [0.15, 0.2) is 36.5 Å². The summed E-state index contributed by atoms with van der Waals surface area (Å²) in [5.74, 6) is 1.93. The smallest absolute Gasteiger partial charge is 0.254 e. The molecule has 5 rings (SSSR count). The number of piperidine rings is 1. The highest BCUT2D eigenvalue weighted by Gasteiger charge is 2.25. The molecule has 8 heteroatoms. The van der Waals surface area contributed by atoms with Crippen LogP contribution in [-0.4, -0.2) is 56.2 Å². The summed E-state index contributed by atoms with van der Waals surface area (Å²) in [5, 5.41) is 1.09. The molecule has 1 fully saturated rings. The third kappa shape index (κ3) is 4.16. The van der Waals surface area contributed by atoms with Crippen LogP contribution in [0.4, 0.5) is 0 Å². The van der Waals surface area contributed by atoms with Gasteiger partial charge in [0.05, 0.1) is 18.3 Å². The van der Waals surface area contributed by atoms with Gasteiger partial charge in [-0.05, 0) is 49.1 Å². The lowest BCUT2D eigenvalue weighted by molar-refractivity contribution is 0.0708. The van der Waals surface area contributed by atoms with E-state index in [0.717, 1.165) is 65.9 Å². The molecule has 4 aromatic rings. The fourth-order valence-corrected chi connectivity index (χ4v) is 5.09. The molecule has 2 N–H and O–H groups in total. The van der Waals surface area contributed by atoms with Crippen molar-refractivity contribution < 1.29 is 9.53 Å². The Kier molecular flexibility index (Phi) is 6.23. The molecule has 1 amide bonds. The molecule has 0 spiro atoms. The minimum absolute atomic E-state index is 0.0253. The van der Waals surface area contributed by atoms with Crippen LogP contribution in [0.5, 0.6) is 5.75 Å². The van der Waals surface area contributed by atoms with Crippen LogP contribution in [0.25, 0.3) is 33.6 Å². The van der Waals surface area contributed by atoms with Crippen LogP contribution >= 0.6 is 0 Å². The highest BCUT2D eigenvalue weighted by molar-refractivity contribution is 6.00. The molecule has 2 unspecified atom stereocenters. The first-order valence-electron chi connectivity index (χ1n) is 12.4. The number of ether oxygens (including phenoxy) is 1. The minimum Gasteiger partial charge on any atom is -0.494 e. The molecule has 184 valence electrons. The van der Waals surface area contributed by atoms with E-state index in [9.17, 15) is 4.79 Å². The number of hydrogen-bond donors (Lipinski definition) is 1. The van der Waals surface area contributed by atoms with Gasteiger partial charge in [0.25, 0.3) is 5.91 Å². The Hall–Kier alpha value is -3.39. The van der Waals surface area contributed by atoms with E-state index in [0.29, 0.717) is 23.8 Å². The zero-order valence-electron chi connectivity index (χ0n) is 21.0. The Morgan fingerprint density at radius 1 is 1.31 bits per heavy atom. The van der Waals surface area contributed by atoms with Crippen LogP contribution in [0.3, 0.4) is 0 Å². The highest BCUT2D eigenvalue weighted by Crippen LogP contribution is 2.34. The number of fused-ring (bicyclic) bond motifs is 2. The normalized spacial score (nSPS) is 17.3. The predicted molar refractivity (Wildman–Crippen MR) is 139 cm³/mol. The maximum Gasteiger partial charge on any atom is 0.254 e. The van der Waals surface area contributed by atoms with Crippen molar-refractivity contribution in [1.82, 2.24) is 24.0 Å². The van der Waals surface area contributed by atoms with Crippen molar-refractivity contribution in [1.29, 1.82) is 0 Å². The molecule has 1 aliphatic rings. The Labute approximate surface area is 205 Å². The monoisotopic (exact) mass is 474 g/mol. The quantitative estimate of drug-likeness (QED) is 0.452. The number of rotatable bonds is 6. The van der Waals surface area contributed by atoms with Gasteiger partial charge in [-0.15, -0.1) is 0 Å². The molecule has 0 bridgehead atoms. The Morgan fingerprint density at radius 3 is 2.89 bits per heavy atom. The van der Waals surface area contributed by atoms with Crippen molar-refractivity contribution in [2.24, 2.45) is 18.7 Å². The number of benzene rings is 1. The average Bonchev–Trinajstić information content (AvgIpc) is 3.40. The van der Waals surface area contributed by atoms with E-state index >= 15 is 0 Å². The summed E-state index contributed by atoms with van der Waals surface area (Å²) in [7, 11) is 3.63. The van der Waals surface area contributed by atoms with E-state index in [-0.39, 0.29) is 11.9 Å². The summed E-state index contributed by atoms with van der Waals surface area (Å²) in [5.41, 5.74) is 10.3. The molecular formula is C27H34N6O2. The van der Waals surface area contributed by atoms with Gasteiger partial charge in [0.2, 0.25) is 0 Å². The van der Waals surface area contributed by atoms with Gasteiger partial charge in [0, 0.05) is 49.9 Å². The second kappa shape index (κ2) is 9.34. The largest absolute Gasteiger partial charge is 0.494 e. The van der Waals surface area contributed by atoms with Gasteiger partial charge < -0.3 is 24.5 Å². The summed E-state index contributed by atoms with van der Waals surface area (Å²) >= 11 is 0. The molecular weight excluding hydrogens is 440 g/mol. The number of pyridine rings is 1. The Bertz CT molecular complexity index is 1390. The number of aryl methyl sites for hydroxylation is 1. The van der Waals surface area contributed by atoms with Crippen LogP contribution in [0.1, 0.15) is 43.5 Å². The maximum atomic E-state index is 13.3. The van der Waals surface area contributed by atoms with Gasteiger partial charge in [-0.1, -0.05) is 20.3 Å². The Balaban J connectivity index is 1.64. The van der Waals surface area contributed by atoms with Crippen molar-refractivity contribution in [2.75, 3.05) is 20.2 Å². The molecule has 0 saturated carbocycles. The molecule has 1 saturated heterocycles. The number of hydrogen-bond acceptors (Lipinski definition) is 5. The number of nitrogens with two attached hydrogens (primary N) is 1. The fraction of sp³-hybridized carbons (Fsp3) is 0.444. The summed E-state index contributed by atoms with van der Waals surface area (Å²) in [6.45, 7) is 6.61. The lowest BCUT2D eigenvalue weighted by Crippen LogP contribution is -2.45. The van der Waals surface area contributed by atoms with Gasteiger partial charge in [-0.3, -0.25) is 4.79 Å². The number of aromatic nitrogens is 4. The van der Waals surface area contributed by atoms with E-state index in [1.807, 2.05) is 36.3 Å². The predicted octanol–water partition coefficient (Wildman–Crippen LogP) is 4.21. The standard InChI is InChI=1S/C27H34N6O2/c1-5-17(2)15-33-22(13-18-8-6-10-29-25(18)33)26-30-21-12-19(14-23(35-4)24(21)31(26)3)27(34)32-11-7-9-20(28)16-32/h6,8,10,12-14,17,20H,5,7,9,11,15-16,28H2,1-4H3. The second-order valence-corrected chi connectivity index (χ2v) is 9.76. The van der Waals surface area contributed by atoms with Gasteiger partial charge in [0.1, 0.15) is 16.9 Å². The fourth-order valence-electron chi connectivity index (χ4n) is 5.09. The topological polar surface area (TPSA) is 91.2 Å². The van der Waals surface area contributed by atoms with Gasteiger partial charge in [-0.25, -0.2) is 9.97 Å². The number of likely N-dealkylation sites (tertiary alicyclic amines) is 1. The van der Waals surface area contributed by atoms with Crippen molar-refractivity contribution in [3.8, 4) is 17.3 Å². The molecule has 4 heterocycles. The van der Waals surface area contributed by atoms with Gasteiger partial charge in [-0.2, -0.15) is 0 Å². The third-order valence-corrected chi connectivity index (χ3v) is 7.22. The Morgan fingerprint density at radius 2 is 2.14 bits per heavy atom. The third-order valence-electron chi connectivity index (χ3n) is 7.22. The summed E-state index contributed by atoms with van der Waals surface area (Å²) in [6, 6.07) is 9.93. The molecule has 0 aliphatic carbocycles. The molecule has 1 aromatic carbocycles. The molecule has 3 aromatic heterocycles. The van der Waals surface area contributed by atoms with Gasteiger partial charge in [0.15, 0.2) is 5.82 Å². The van der Waals surface area contributed by atoms with Crippen LogP contribution in [-0.2, 0) is 13.6 Å². The highest BCUT2D eigenvalue weighted by atomic mass is 16.5. The van der Waals surface area contributed by atoms with E-state index in [4.69, 9.17) is 15.5 Å². The first-order chi connectivity index (χ1) is 16.9. The van der Waals surface area contributed by atoms with Gasteiger partial charge >= 0.3 is 0 Å². The van der Waals surface area contributed by atoms with Crippen molar-refractivity contribution >= 4 is 28.0 Å².